The van der Waals surface area contributed by atoms with Crippen molar-refractivity contribution in [3.8, 4) is 16.9 Å². The van der Waals surface area contributed by atoms with E-state index in [-0.39, 0.29) is 22.7 Å². The molecule has 216 valence electrons. The van der Waals surface area contributed by atoms with Crippen LogP contribution in [0.1, 0.15) is 41.3 Å². The molecule has 3 aromatic carbocycles. The van der Waals surface area contributed by atoms with Crippen LogP contribution in [0.5, 0.6) is 5.75 Å². The predicted molar refractivity (Wildman–Crippen MR) is 147 cm³/mol. The summed E-state index contributed by atoms with van der Waals surface area (Å²) >= 11 is 6.30. The van der Waals surface area contributed by atoms with Gasteiger partial charge in [-0.1, -0.05) is 11.6 Å². The minimum atomic E-state index is -1.52. The van der Waals surface area contributed by atoms with E-state index in [0.29, 0.717) is 61.6 Å². The third-order valence-corrected chi connectivity index (χ3v) is 7.95. The van der Waals surface area contributed by atoms with Crippen LogP contribution in [-0.4, -0.2) is 53.9 Å². The zero-order chi connectivity index (χ0) is 29.5. The molecule has 2 heterocycles. The van der Waals surface area contributed by atoms with Crippen LogP contribution in [-0.2, 0) is 11.3 Å². The molecule has 0 aromatic heterocycles. The monoisotopic (exact) mass is 588 g/mol. The van der Waals surface area contributed by atoms with Crippen LogP contribution < -0.4 is 9.64 Å². The molecular formula is C30H28ClF3N2O5. The van der Waals surface area contributed by atoms with Crippen LogP contribution in [0.25, 0.3) is 11.1 Å². The van der Waals surface area contributed by atoms with E-state index < -0.39 is 35.1 Å². The van der Waals surface area contributed by atoms with E-state index >= 15 is 0 Å². The van der Waals surface area contributed by atoms with Crippen molar-refractivity contribution < 1.29 is 37.3 Å². The minimum absolute atomic E-state index is 0.0144. The van der Waals surface area contributed by atoms with Gasteiger partial charge in [-0.3, -0.25) is 9.80 Å². The van der Waals surface area contributed by atoms with Gasteiger partial charge in [0.05, 0.1) is 29.4 Å². The highest BCUT2D eigenvalue weighted by molar-refractivity contribution is 6.34. The highest BCUT2D eigenvalue weighted by Crippen LogP contribution is 2.40. The van der Waals surface area contributed by atoms with Gasteiger partial charge in [-0.15, -0.1) is 0 Å². The molecule has 7 nitrogen and oxygen atoms in total. The molecule has 0 aliphatic carbocycles. The lowest BCUT2D eigenvalue weighted by molar-refractivity contribution is -0.000960. The number of carbonyl (C=O) groups excluding carboxylic acids is 1. The number of aryl methyl sites for hydroxylation is 1. The molecule has 11 heteroatoms. The van der Waals surface area contributed by atoms with Crippen LogP contribution in [0.15, 0.2) is 42.5 Å². The fourth-order valence-corrected chi connectivity index (χ4v) is 5.73. The van der Waals surface area contributed by atoms with Crippen molar-refractivity contribution in [3.05, 3.63) is 81.6 Å². The number of anilines is 1. The van der Waals surface area contributed by atoms with Crippen LogP contribution in [0.3, 0.4) is 0 Å². The second kappa shape index (κ2) is 11.3. The second-order valence-electron chi connectivity index (χ2n) is 10.3. The average molecular weight is 589 g/mol. The second-order valence-corrected chi connectivity index (χ2v) is 10.7. The lowest BCUT2D eigenvalue weighted by Crippen LogP contribution is -2.46. The van der Waals surface area contributed by atoms with E-state index in [0.717, 1.165) is 11.6 Å². The van der Waals surface area contributed by atoms with Crippen molar-refractivity contribution in [3.63, 3.8) is 0 Å². The highest BCUT2D eigenvalue weighted by Gasteiger charge is 2.48. The molecule has 2 fully saturated rings. The van der Waals surface area contributed by atoms with Crippen molar-refractivity contribution in [1.29, 1.82) is 0 Å². The lowest BCUT2D eigenvalue weighted by Gasteiger charge is -2.37. The molecule has 1 spiro atoms. The summed E-state index contributed by atoms with van der Waals surface area (Å²) < 4.78 is 54.2. The maximum absolute atomic E-state index is 14.8. The summed E-state index contributed by atoms with van der Waals surface area (Å²) in [4.78, 5) is 27.6. The normalized spacial score (nSPS) is 16.7. The Morgan fingerprint density at radius 1 is 1.07 bits per heavy atom. The van der Waals surface area contributed by atoms with Gasteiger partial charge in [0, 0.05) is 38.0 Å². The predicted octanol–water partition coefficient (Wildman–Crippen LogP) is 6.82. The number of carbonyl (C=O) groups is 2. The van der Waals surface area contributed by atoms with Gasteiger partial charge in [0.15, 0.2) is 17.5 Å². The van der Waals surface area contributed by atoms with Crippen molar-refractivity contribution in [1.82, 2.24) is 4.90 Å². The summed E-state index contributed by atoms with van der Waals surface area (Å²) in [6.07, 6.45) is 0.470. The Kier molecular flexibility index (Phi) is 7.89. The van der Waals surface area contributed by atoms with E-state index in [4.69, 9.17) is 21.1 Å². The maximum atomic E-state index is 14.8. The first-order valence-corrected chi connectivity index (χ1v) is 13.6. The minimum Gasteiger partial charge on any atom is -0.494 e. The van der Waals surface area contributed by atoms with Gasteiger partial charge >= 0.3 is 12.1 Å². The standard InChI is InChI=1S/C30H28ClF3N2O5/c1-3-40-25-14-19(21(12-17(25)2)20-5-6-23(32)27(34)26(20)33)15-35-10-8-30(9-11-35)16-36(29(39)41-30)24-7-4-18(28(37)38)13-22(24)31/h4-7,12-14H,3,8-11,15-16H2,1-2H3,(H,37,38). The van der Waals surface area contributed by atoms with E-state index in [9.17, 15) is 27.9 Å². The van der Waals surface area contributed by atoms with Crippen LogP contribution >= 0.6 is 11.6 Å². The van der Waals surface area contributed by atoms with Gasteiger partial charge in [-0.2, -0.15) is 0 Å². The Labute approximate surface area is 240 Å². The van der Waals surface area contributed by atoms with Crippen molar-refractivity contribution in [2.24, 2.45) is 0 Å². The summed E-state index contributed by atoms with van der Waals surface area (Å²) in [5.74, 6) is -4.53. The number of hydrogen-bond acceptors (Lipinski definition) is 5. The molecule has 3 aromatic rings. The van der Waals surface area contributed by atoms with Gasteiger partial charge < -0.3 is 14.6 Å². The van der Waals surface area contributed by atoms with Gasteiger partial charge in [0.2, 0.25) is 0 Å². The molecule has 0 unspecified atom stereocenters. The lowest BCUT2D eigenvalue weighted by atomic mass is 9.90. The molecule has 0 atom stereocenters. The van der Waals surface area contributed by atoms with E-state index in [1.807, 2.05) is 13.8 Å². The molecule has 0 radical (unpaired) electrons. The molecule has 0 bridgehead atoms. The number of piperidine rings is 1. The van der Waals surface area contributed by atoms with Crippen LogP contribution in [0, 0.1) is 24.4 Å². The number of amides is 1. The van der Waals surface area contributed by atoms with Crippen molar-refractivity contribution in [2.45, 2.75) is 38.8 Å². The number of rotatable bonds is 7. The summed E-state index contributed by atoms with van der Waals surface area (Å²) in [7, 11) is 0. The van der Waals surface area contributed by atoms with E-state index in [1.54, 1.807) is 12.1 Å². The van der Waals surface area contributed by atoms with Crippen LogP contribution in [0.2, 0.25) is 5.02 Å². The molecular weight excluding hydrogens is 561 g/mol. The van der Waals surface area contributed by atoms with Gasteiger partial charge in [-0.25, -0.2) is 22.8 Å². The number of likely N-dealkylation sites (tertiary alicyclic amines) is 1. The Morgan fingerprint density at radius 3 is 2.46 bits per heavy atom. The fraction of sp³-hybridized carbons (Fsp3) is 0.333. The zero-order valence-corrected chi connectivity index (χ0v) is 23.2. The molecule has 1 N–H and O–H groups in total. The number of ether oxygens (including phenoxy) is 2. The third-order valence-electron chi connectivity index (χ3n) is 7.64. The molecule has 2 aliphatic heterocycles. The van der Waals surface area contributed by atoms with Crippen molar-refractivity contribution in [2.75, 3.05) is 31.1 Å². The number of nitrogens with zero attached hydrogens (tertiary/aromatic N) is 2. The first-order chi connectivity index (χ1) is 19.5. The van der Waals surface area contributed by atoms with Gasteiger partial charge in [-0.05, 0) is 73.0 Å². The number of halogens is 4. The molecule has 0 saturated carbocycles. The zero-order valence-electron chi connectivity index (χ0n) is 22.5. The van der Waals surface area contributed by atoms with E-state index in [2.05, 4.69) is 4.90 Å². The molecule has 41 heavy (non-hydrogen) atoms. The quantitative estimate of drug-likeness (QED) is 0.305. The number of hydrogen-bond donors (Lipinski definition) is 1. The van der Waals surface area contributed by atoms with Gasteiger partial charge in [0.1, 0.15) is 11.4 Å². The SMILES string of the molecule is CCOc1cc(CN2CCC3(CC2)CN(c2ccc(C(=O)O)cc2Cl)C(=O)O3)c(-c2ccc(F)c(F)c2F)cc1C. The Bertz CT molecular complexity index is 1520. The first kappa shape index (κ1) is 28.8. The molecule has 2 aliphatic rings. The summed E-state index contributed by atoms with van der Waals surface area (Å²) in [6.45, 7) is 5.82. The molecule has 2 saturated heterocycles. The smallest absolute Gasteiger partial charge is 0.415 e. The Balaban J connectivity index is 1.35. The number of carboxylic acid groups (broad SMARTS) is 1. The maximum Gasteiger partial charge on any atom is 0.415 e. The van der Waals surface area contributed by atoms with Crippen molar-refractivity contribution >= 4 is 29.4 Å². The van der Waals surface area contributed by atoms with Crippen LogP contribution in [0.4, 0.5) is 23.7 Å². The van der Waals surface area contributed by atoms with E-state index in [1.165, 1.54) is 29.2 Å². The topological polar surface area (TPSA) is 79.3 Å². The highest BCUT2D eigenvalue weighted by atomic mass is 35.5. The first-order valence-electron chi connectivity index (χ1n) is 13.2. The molecule has 1 amide bonds. The fourth-order valence-electron chi connectivity index (χ4n) is 5.44. The number of carboxylic acids is 1. The summed E-state index contributed by atoms with van der Waals surface area (Å²) in [6, 6.07) is 9.85. The number of aromatic carboxylic acids is 1. The average Bonchev–Trinajstić information content (AvgIpc) is 3.25. The molecule has 5 rings (SSSR count). The summed E-state index contributed by atoms with van der Waals surface area (Å²) in [5.41, 5.74) is 1.48. The third kappa shape index (κ3) is 5.58. The summed E-state index contributed by atoms with van der Waals surface area (Å²) in [5, 5.41) is 9.33. The largest absolute Gasteiger partial charge is 0.494 e. The Hall–Kier alpha value is -3.76. The number of benzene rings is 3. The Morgan fingerprint density at radius 2 is 1.80 bits per heavy atom. The van der Waals surface area contributed by atoms with Gasteiger partial charge in [0.25, 0.3) is 0 Å².